The number of aryl methyl sites for hydroxylation is 2. The molecule has 2 aromatic heterocycles. The molecule has 2 heterocycles. The van der Waals surface area contributed by atoms with Crippen molar-refractivity contribution in [1.82, 2.24) is 25.4 Å². The lowest BCUT2D eigenvalue weighted by molar-refractivity contribution is 0.684. The Morgan fingerprint density at radius 2 is 2.09 bits per heavy atom. The monoisotopic (exact) mass is 320 g/mol. The Bertz CT molecular complexity index is 640. The fourth-order valence-corrected chi connectivity index (χ4v) is 3.23. The number of aliphatic imine (C=N–C) groups is 1. The number of nitrogens with one attached hydrogen (secondary N) is 2. The van der Waals surface area contributed by atoms with E-state index < -0.39 is 0 Å². The van der Waals surface area contributed by atoms with Gasteiger partial charge in [-0.25, -0.2) is 4.98 Å². The molecule has 120 valence electrons. The molecule has 0 saturated carbocycles. The highest BCUT2D eigenvalue weighted by atomic mass is 32.1. The summed E-state index contributed by atoms with van der Waals surface area (Å²) in [4.78, 5) is 10.2. The van der Waals surface area contributed by atoms with E-state index in [1.807, 2.05) is 17.8 Å². The van der Waals surface area contributed by atoms with Gasteiger partial charge in [0.1, 0.15) is 5.01 Å². The largest absolute Gasteiger partial charge is 0.351 e. The summed E-state index contributed by atoms with van der Waals surface area (Å²) in [7, 11) is 3.70. The highest BCUT2D eigenvalue weighted by Crippen LogP contribution is 2.23. The average Bonchev–Trinajstić information content (AvgIpc) is 3.05. The molecule has 0 atom stereocenters. The van der Waals surface area contributed by atoms with E-state index in [1.165, 1.54) is 10.6 Å². The van der Waals surface area contributed by atoms with Gasteiger partial charge in [-0.3, -0.25) is 9.67 Å². The van der Waals surface area contributed by atoms with Gasteiger partial charge in [0.2, 0.25) is 0 Å². The van der Waals surface area contributed by atoms with E-state index >= 15 is 0 Å². The molecule has 0 aliphatic heterocycles. The van der Waals surface area contributed by atoms with Gasteiger partial charge in [0.25, 0.3) is 0 Å². The molecule has 0 aliphatic carbocycles. The van der Waals surface area contributed by atoms with Crippen molar-refractivity contribution in [3.05, 3.63) is 33.5 Å². The maximum Gasteiger partial charge on any atom is 0.191 e. The summed E-state index contributed by atoms with van der Waals surface area (Å²) >= 11 is 1.74. The first kappa shape index (κ1) is 16.5. The highest BCUT2D eigenvalue weighted by Gasteiger charge is 2.11. The van der Waals surface area contributed by atoms with Crippen LogP contribution in [0.25, 0.3) is 0 Å². The molecular formula is C15H24N6S. The number of aromatic nitrogens is 3. The Hall–Kier alpha value is -1.89. The normalized spacial score (nSPS) is 12.0. The lowest BCUT2D eigenvalue weighted by atomic mass is 10.1. The van der Waals surface area contributed by atoms with E-state index in [0.29, 0.717) is 19.0 Å². The van der Waals surface area contributed by atoms with Crippen LogP contribution in [0.3, 0.4) is 0 Å². The van der Waals surface area contributed by atoms with Gasteiger partial charge in [-0.05, 0) is 18.9 Å². The minimum absolute atomic E-state index is 0.465. The third-order valence-corrected chi connectivity index (χ3v) is 4.40. The van der Waals surface area contributed by atoms with Gasteiger partial charge >= 0.3 is 0 Å². The van der Waals surface area contributed by atoms with E-state index in [1.54, 1.807) is 24.6 Å². The number of hydrogen-bond acceptors (Lipinski definition) is 4. The number of nitrogens with zero attached hydrogens (tertiary/aromatic N) is 4. The second-order valence-corrected chi connectivity index (χ2v) is 6.72. The number of hydrogen-bond donors (Lipinski definition) is 2. The van der Waals surface area contributed by atoms with Crippen LogP contribution in [0.5, 0.6) is 0 Å². The Morgan fingerprint density at radius 1 is 1.36 bits per heavy atom. The topological polar surface area (TPSA) is 67.1 Å². The van der Waals surface area contributed by atoms with Crippen LogP contribution in [0.1, 0.15) is 41.0 Å². The Balaban J connectivity index is 1.89. The summed E-state index contributed by atoms with van der Waals surface area (Å²) in [5.41, 5.74) is 2.30. The predicted molar refractivity (Wildman–Crippen MR) is 91.2 cm³/mol. The molecule has 2 aromatic rings. The lowest BCUT2D eigenvalue weighted by Crippen LogP contribution is -2.36. The van der Waals surface area contributed by atoms with Gasteiger partial charge < -0.3 is 10.6 Å². The molecule has 0 aliphatic rings. The maximum absolute atomic E-state index is 4.70. The second kappa shape index (κ2) is 7.40. The molecule has 0 unspecified atom stereocenters. The van der Waals surface area contributed by atoms with E-state index in [2.05, 4.69) is 41.5 Å². The summed E-state index contributed by atoms with van der Waals surface area (Å²) in [6.07, 6.45) is 1.79. The van der Waals surface area contributed by atoms with Crippen molar-refractivity contribution in [3.63, 3.8) is 0 Å². The Morgan fingerprint density at radius 3 is 2.64 bits per heavy atom. The highest BCUT2D eigenvalue weighted by molar-refractivity contribution is 7.11. The van der Waals surface area contributed by atoms with Crippen molar-refractivity contribution in [1.29, 1.82) is 0 Å². The van der Waals surface area contributed by atoms with Crippen molar-refractivity contribution in [3.8, 4) is 0 Å². The fourth-order valence-electron chi connectivity index (χ4n) is 2.21. The standard InChI is InChI=1S/C15H24N6S/c1-10(2)14-11(3)22-13(20-14)9-18-15(16-4)17-8-12-6-7-19-21(12)5/h6-7,10H,8-9H2,1-5H3,(H2,16,17,18). The van der Waals surface area contributed by atoms with Gasteiger partial charge in [-0.2, -0.15) is 5.10 Å². The summed E-state index contributed by atoms with van der Waals surface area (Å²) < 4.78 is 1.85. The van der Waals surface area contributed by atoms with E-state index in [0.717, 1.165) is 16.7 Å². The number of rotatable bonds is 5. The molecule has 0 amide bonds. The second-order valence-electron chi connectivity index (χ2n) is 5.43. The van der Waals surface area contributed by atoms with Crippen LogP contribution in [0, 0.1) is 6.92 Å². The van der Waals surface area contributed by atoms with Gasteiger partial charge in [-0.1, -0.05) is 13.8 Å². The molecular weight excluding hydrogens is 296 g/mol. The van der Waals surface area contributed by atoms with Gasteiger partial charge in [0.05, 0.1) is 24.5 Å². The predicted octanol–water partition coefficient (Wildman–Crippen LogP) is 2.17. The van der Waals surface area contributed by atoms with E-state index in [4.69, 9.17) is 4.98 Å². The first-order valence-corrected chi connectivity index (χ1v) is 8.20. The molecule has 2 N–H and O–H groups in total. The molecule has 0 spiro atoms. The molecule has 0 fully saturated rings. The van der Waals surface area contributed by atoms with Crippen molar-refractivity contribution in [2.75, 3.05) is 7.05 Å². The van der Waals surface area contributed by atoms with Crippen LogP contribution < -0.4 is 10.6 Å². The molecule has 2 rings (SSSR count). The third-order valence-electron chi connectivity index (χ3n) is 3.41. The van der Waals surface area contributed by atoms with Crippen LogP contribution in [0.4, 0.5) is 0 Å². The van der Waals surface area contributed by atoms with Gasteiger partial charge in [0.15, 0.2) is 5.96 Å². The van der Waals surface area contributed by atoms with E-state index in [-0.39, 0.29) is 0 Å². The first-order valence-electron chi connectivity index (χ1n) is 7.38. The van der Waals surface area contributed by atoms with Gasteiger partial charge in [0, 0.05) is 25.2 Å². The smallest absolute Gasteiger partial charge is 0.191 e. The van der Waals surface area contributed by atoms with Crippen LogP contribution in [-0.4, -0.2) is 27.8 Å². The van der Waals surface area contributed by atoms with Crippen LogP contribution >= 0.6 is 11.3 Å². The van der Waals surface area contributed by atoms with E-state index in [9.17, 15) is 0 Å². The summed E-state index contributed by atoms with van der Waals surface area (Å²) in [6, 6.07) is 1.99. The third kappa shape index (κ3) is 4.07. The van der Waals surface area contributed by atoms with Crippen molar-refractivity contribution in [2.45, 2.75) is 39.8 Å². The zero-order valence-electron chi connectivity index (χ0n) is 13.8. The van der Waals surface area contributed by atoms with Crippen LogP contribution in [0.2, 0.25) is 0 Å². The Labute approximate surface area is 135 Å². The van der Waals surface area contributed by atoms with Crippen molar-refractivity contribution in [2.24, 2.45) is 12.0 Å². The summed E-state index contributed by atoms with van der Waals surface area (Å²) in [6.45, 7) is 7.85. The average molecular weight is 320 g/mol. The quantitative estimate of drug-likeness (QED) is 0.654. The first-order chi connectivity index (χ1) is 10.5. The zero-order chi connectivity index (χ0) is 16.1. The van der Waals surface area contributed by atoms with Gasteiger partial charge in [-0.15, -0.1) is 11.3 Å². The molecule has 0 radical (unpaired) electrons. The molecule has 0 bridgehead atoms. The van der Waals surface area contributed by atoms with Crippen molar-refractivity contribution >= 4 is 17.3 Å². The molecule has 7 heteroatoms. The van der Waals surface area contributed by atoms with Crippen LogP contribution in [0.15, 0.2) is 17.3 Å². The SMILES string of the molecule is CN=C(NCc1nc(C(C)C)c(C)s1)NCc1ccnn1C. The zero-order valence-corrected chi connectivity index (χ0v) is 14.7. The summed E-state index contributed by atoms with van der Waals surface area (Å²) in [5, 5.41) is 11.8. The number of thiazole rings is 1. The summed E-state index contributed by atoms with van der Waals surface area (Å²) in [5.74, 6) is 1.23. The van der Waals surface area contributed by atoms with Crippen LogP contribution in [-0.2, 0) is 20.1 Å². The maximum atomic E-state index is 4.70. The Kier molecular flexibility index (Phi) is 5.54. The fraction of sp³-hybridized carbons (Fsp3) is 0.533. The molecule has 22 heavy (non-hydrogen) atoms. The minimum Gasteiger partial charge on any atom is -0.351 e. The lowest BCUT2D eigenvalue weighted by Gasteiger charge is -2.10. The molecule has 0 aromatic carbocycles. The minimum atomic E-state index is 0.465. The molecule has 0 saturated heterocycles. The molecule has 6 nitrogen and oxygen atoms in total. The van der Waals surface area contributed by atoms with Crippen molar-refractivity contribution < 1.29 is 0 Å². The number of guanidine groups is 1.